The summed E-state index contributed by atoms with van der Waals surface area (Å²) in [4.78, 5) is 9.51. The van der Waals surface area contributed by atoms with Crippen LogP contribution < -0.4 is 0 Å². The predicted molar refractivity (Wildman–Crippen MR) is 81.2 cm³/mol. The number of halogens is 1. The Morgan fingerprint density at radius 1 is 0.947 bits per heavy atom. The smallest absolute Gasteiger partial charge is 0.160 e. The van der Waals surface area contributed by atoms with E-state index in [4.69, 9.17) is 9.97 Å². The summed E-state index contributed by atoms with van der Waals surface area (Å²) in [6.07, 6.45) is 0. The number of fused-ring (bicyclic) bond motifs is 4. The second-order valence-corrected chi connectivity index (χ2v) is 5.43. The van der Waals surface area contributed by atoms with Gasteiger partial charge in [0.25, 0.3) is 0 Å². The Hall–Kier alpha value is -1.94. The molecule has 0 amide bonds. The van der Waals surface area contributed by atoms with E-state index < -0.39 is 0 Å². The molecule has 0 saturated carbocycles. The lowest BCUT2D eigenvalue weighted by Gasteiger charge is -1.98. The SMILES string of the molecule is Cn1c2cccc(Br)c2c2nc3ccccc3nc21. The van der Waals surface area contributed by atoms with E-state index in [1.54, 1.807) is 0 Å². The van der Waals surface area contributed by atoms with Crippen LogP contribution in [0.5, 0.6) is 0 Å². The van der Waals surface area contributed by atoms with E-state index in [2.05, 4.69) is 26.6 Å². The molecule has 0 aliphatic carbocycles. The summed E-state index contributed by atoms with van der Waals surface area (Å²) in [6, 6.07) is 14.1. The van der Waals surface area contributed by atoms with E-state index in [0.29, 0.717) is 0 Å². The second-order valence-electron chi connectivity index (χ2n) is 4.58. The van der Waals surface area contributed by atoms with Gasteiger partial charge in [0.1, 0.15) is 5.52 Å². The van der Waals surface area contributed by atoms with Crippen molar-refractivity contribution in [2.24, 2.45) is 7.05 Å². The maximum Gasteiger partial charge on any atom is 0.160 e. The number of aromatic nitrogens is 3. The maximum atomic E-state index is 4.77. The van der Waals surface area contributed by atoms with E-state index in [1.807, 2.05) is 43.4 Å². The number of benzene rings is 2. The molecule has 0 spiro atoms. The summed E-state index contributed by atoms with van der Waals surface area (Å²) in [7, 11) is 2.03. The average molecular weight is 312 g/mol. The first kappa shape index (κ1) is 10.9. The third-order valence-electron chi connectivity index (χ3n) is 3.46. The fourth-order valence-electron chi connectivity index (χ4n) is 2.53. The van der Waals surface area contributed by atoms with Crippen LogP contribution in [0.1, 0.15) is 0 Å². The molecular weight excluding hydrogens is 302 g/mol. The Morgan fingerprint density at radius 2 is 1.68 bits per heavy atom. The molecule has 92 valence electrons. The van der Waals surface area contributed by atoms with Gasteiger partial charge in [0.05, 0.1) is 16.6 Å². The molecule has 19 heavy (non-hydrogen) atoms. The third-order valence-corrected chi connectivity index (χ3v) is 4.12. The van der Waals surface area contributed by atoms with Crippen LogP contribution in [-0.4, -0.2) is 14.5 Å². The van der Waals surface area contributed by atoms with Gasteiger partial charge in [-0.3, -0.25) is 0 Å². The number of hydrogen-bond donors (Lipinski definition) is 0. The van der Waals surface area contributed by atoms with Gasteiger partial charge in [-0.15, -0.1) is 0 Å². The van der Waals surface area contributed by atoms with Gasteiger partial charge >= 0.3 is 0 Å². The van der Waals surface area contributed by atoms with Crippen molar-refractivity contribution >= 4 is 49.0 Å². The quantitative estimate of drug-likeness (QED) is 0.491. The largest absolute Gasteiger partial charge is 0.327 e. The third kappa shape index (κ3) is 1.43. The Balaban J connectivity index is 2.34. The van der Waals surface area contributed by atoms with Gasteiger partial charge in [-0.1, -0.05) is 34.1 Å². The molecule has 0 atom stereocenters. The first-order chi connectivity index (χ1) is 9.25. The molecule has 2 aromatic carbocycles. The molecule has 0 aliphatic rings. The van der Waals surface area contributed by atoms with Gasteiger partial charge < -0.3 is 4.57 Å². The van der Waals surface area contributed by atoms with Gasteiger partial charge in [0.2, 0.25) is 0 Å². The average Bonchev–Trinajstić information content (AvgIpc) is 2.71. The highest BCUT2D eigenvalue weighted by molar-refractivity contribution is 9.10. The van der Waals surface area contributed by atoms with Crippen LogP contribution in [0.2, 0.25) is 0 Å². The molecule has 2 aromatic heterocycles. The van der Waals surface area contributed by atoms with Crippen molar-refractivity contribution in [2.45, 2.75) is 0 Å². The highest BCUT2D eigenvalue weighted by Gasteiger charge is 2.13. The minimum atomic E-state index is 0.917. The lowest BCUT2D eigenvalue weighted by Crippen LogP contribution is -1.91. The van der Waals surface area contributed by atoms with Crippen molar-refractivity contribution in [2.75, 3.05) is 0 Å². The van der Waals surface area contributed by atoms with E-state index in [9.17, 15) is 0 Å². The molecule has 0 aliphatic heterocycles. The minimum Gasteiger partial charge on any atom is -0.327 e. The zero-order valence-electron chi connectivity index (χ0n) is 10.3. The Bertz CT molecular complexity index is 940. The Kier molecular flexibility index (Phi) is 2.17. The number of aryl methyl sites for hydroxylation is 1. The first-order valence-electron chi connectivity index (χ1n) is 6.05. The van der Waals surface area contributed by atoms with Crippen LogP contribution in [0.15, 0.2) is 46.9 Å². The van der Waals surface area contributed by atoms with Crippen LogP contribution in [0.4, 0.5) is 0 Å². The normalized spacial score (nSPS) is 11.7. The van der Waals surface area contributed by atoms with Crippen LogP contribution in [0.25, 0.3) is 33.1 Å². The predicted octanol–water partition coefficient (Wildman–Crippen LogP) is 4.04. The summed E-state index contributed by atoms with van der Waals surface area (Å²) in [5.41, 5.74) is 4.86. The molecule has 0 unspecified atom stereocenters. The number of nitrogens with zero attached hydrogens (tertiary/aromatic N) is 3. The van der Waals surface area contributed by atoms with Crippen molar-refractivity contribution < 1.29 is 0 Å². The molecule has 2 heterocycles. The van der Waals surface area contributed by atoms with Gasteiger partial charge in [-0.2, -0.15) is 0 Å². The molecular formula is C15H10BrN3. The number of rotatable bonds is 0. The zero-order chi connectivity index (χ0) is 13.0. The van der Waals surface area contributed by atoms with Crippen LogP contribution in [0, 0.1) is 0 Å². The van der Waals surface area contributed by atoms with Crippen molar-refractivity contribution in [1.29, 1.82) is 0 Å². The van der Waals surface area contributed by atoms with Gasteiger partial charge in [0.15, 0.2) is 5.65 Å². The number of hydrogen-bond acceptors (Lipinski definition) is 2. The van der Waals surface area contributed by atoms with Gasteiger partial charge in [0, 0.05) is 16.9 Å². The van der Waals surface area contributed by atoms with Gasteiger partial charge in [-0.25, -0.2) is 9.97 Å². The van der Waals surface area contributed by atoms with E-state index in [1.165, 1.54) is 0 Å². The van der Waals surface area contributed by atoms with Crippen LogP contribution in [-0.2, 0) is 7.05 Å². The summed E-state index contributed by atoms with van der Waals surface area (Å²) in [5.74, 6) is 0. The molecule has 4 heteroatoms. The lowest BCUT2D eigenvalue weighted by molar-refractivity contribution is 0.992. The van der Waals surface area contributed by atoms with E-state index >= 15 is 0 Å². The highest BCUT2D eigenvalue weighted by atomic mass is 79.9. The Labute approximate surface area is 118 Å². The monoisotopic (exact) mass is 311 g/mol. The van der Waals surface area contributed by atoms with Crippen molar-refractivity contribution in [1.82, 2.24) is 14.5 Å². The van der Waals surface area contributed by atoms with Crippen LogP contribution >= 0.6 is 15.9 Å². The Morgan fingerprint density at radius 3 is 2.47 bits per heavy atom. The second kappa shape index (κ2) is 3.78. The fraction of sp³-hybridized carbons (Fsp3) is 0.0667. The van der Waals surface area contributed by atoms with Crippen molar-refractivity contribution in [3.63, 3.8) is 0 Å². The molecule has 0 radical (unpaired) electrons. The minimum absolute atomic E-state index is 0.917. The topological polar surface area (TPSA) is 30.7 Å². The summed E-state index contributed by atoms with van der Waals surface area (Å²) in [6.45, 7) is 0. The van der Waals surface area contributed by atoms with Crippen LogP contribution in [0.3, 0.4) is 0 Å². The van der Waals surface area contributed by atoms with Crippen molar-refractivity contribution in [3.8, 4) is 0 Å². The molecule has 4 aromatic rings. The standard InChI is InChI=1S/C15H10BrN3/c1-19-12-8-4-5-9(16)13(12)14-15(19)18-11-7-3-2-6-10(11)17-14/h2-8H,1H3. The molecule has 0 N–H and O–H groups in total. The van der Waals surface area contributed by atoms with E-state index in [0.717, 1.165) is 37.6 Å². The molecule has 0 fully saturated rings. The van der Waals surface area contributed by atoms with Gasteiger partial charge in [-0.05, 0) is 24.3 Å². The van der Waals surface area contributed by atoms with Crippen molar-refractivity contribution in [3.05, 3.63) is 46.9 Å². The summed E-state index contributed by atoms with van der Waals surface area (Å²) in [5, 5.41) is 1.12. The molecule has 4 rings (SSSR count). The molecule has 0 saturated heterocycles. The van der Waals surface area contributed by atoms with E-state index in [-0.39, 0.29) is 0 Å². The molecule has 0 bridgehead atoms. The maximum absolute atomic E-state index is 4.77. The summed E-state index contributed by atoms with van der Waals surface area (Å²) >= 11 is 3.61. The first-order valence-corrected chi connectivity index (χ1v) is 6.84. The fourth-order valence-corrected chi connectivity index (χ4v) is 3.08. The summed E-state index contributed by atoms with van der Waals surface area (Å²) < 4.78 is 3.15. The lowest BCUT2D eigenvalue weighted by atomic mass is 10.2. The number of para-hydroxylation sites is 2. The highest BCUT2D eigenvalue weighted by Crippen LogP contribution is 2.32. The zero-order valence-corrected chi connectivity index (χ0v) is 11.8. The molecule has 3 nitrogen and oxygen atoms in total.